The van der Waals surface area contributed by atoms with Gasteiger partial charge in [-0.15, -0.1) is 0 Å². The summed E-state index contributed by atoms with van der Waals surface area (Å²) in [7, 11) is 0. The van der Waals surface area contributed by atoms with Crippen molar-refractivity contribution in [1.82, 2.24) is 14.6 Å². The van der Waals surface area contributed by atoms with E-state index >= 15 is 0 Å². The number of rotatable bonds is 1. The van der Waals surface area contributed by atoms with Gasteiger partial charge in [-0.1, -0.05) is 11.6 Å². The highest BCUT2D eigenvalue weighted by molar-refractivity contribution is 6.32. The minimum Gasteiger partial charge on any atom is -0.476 e. The monoisotopic (exact) mass is 197 g/mol. The van der Waals surface area contributed by atoms with Gasteiger partial charge in [0, 0.05) is 0 Å². The van der Waals surface area contributed by atoms with Gasteiger partial charge in [-0.3, -0.25) is 0 Å². The Morgan fingerprint density at radius 3 is 3.08 bits per heavy atom. The first-order valence-electron chi connectivity index (χ1n) is 3.41. The fourth-order valence-corrected chi connectivity index (χ4v) is 1.23. The van der Waals surface area contributed by atoms with Crippen LogP contribution in [-0.2, 0) is 0 Å². The molecule has 0 saturated heterocycles. The third-order valence-electron chi connectivity index (χ3n) is 1.60. The summed E-state index contributed by atoms with van der Waals surface area (Å²) in [6, 6.07) is 1.60. The number of nitrogens with zero attached hydrogens (tertiary/aromatic N) is 3. The molecule has 0 radical (unpaired) electrons. The number of carboxylic acids is 1. The summed E-state index contributed by atoms with van der Waals surface area (Å²) in [5.41, 5.74) is 0.478. The zero-order valence-corrected chi connectivity index (χ0v) is 7.06. The van der Waals surface area contributed by atoms with Gasteiger partial charge in [0.15, 0.2) is 10.8 Å². The molecule has 2 rings (SSSR count). The van der Waals surface area contributed by atoms with E-state index in [9.17, 15) is 4.79 Å². The fraction of sp³-hybridized carbons (Fsp3) is 0. The third-order valence-corrected chi connectivity index (χ3v) is 1.89. The molecule has 2 aromatic heterocycles. The molecule has 13 heavy (non-hydrogen) atoms. The Balaban J connectivity index is 2.86. The second-order valence-corrected chi connectivity index (χ2v) is 2.73. The molecule has 0 unspecified atom stereocenters. The van der Waals surface area contributed by atoms with Gasteiger partial charge >= 0.3 is 5.97 Å². The van der Waals surface area contributed by atoms with Crippen LogP contribution in [0.25, 0.3) is 5.52 Å². The van der Waals surface area contributed by atoms with Crippen molar-refractivity contribution in [3.05, 3.63) is 29.3 Å². The predicted octanol–water partition coefficient (Wildman–Crippen LogP) is 1.08. The van der Waals surface area contributed by atoms with Gasteiger partial charge in [0.05, 0.1) is 12.4 Å². The van der Waals surface area contributed by atoms with Gasteiger partial charge in [0.1, 0.15) is 5.52 Å². The van der Waals surface area contributed by atoms with E-state index in [4.69, 9.17) is 16.7 Å². The lowest BCUT2D eigenvalue weighted by Gasteiger charge is -1.99. The van der Waals surface area contributed by atoms with Crippen molar-refractivity contribution in [3.8, 4) is 0 Å². The zero-order chi connectivity index (χ0) is 9.42. The van der Waals surface area contributed by atoms with Gasteiger partial charge in [-0.05, 0) is 6.07 Å². The molecule has 0 spiro atoms. The second-order valence-electron chi connectivity index (χ2n) is 2.37. The summed E-state index contributed by atoms with van der Waals surface area (Å²) >= 11 is 5.71. The molecule has 0 aliphatic rings. The van der Waals surface area contributed by atoms with Crippen LogP contribution < -0.4 is 0 Å². The summed E-state index contributed by atoms with van der Waals surface area (Å²) in [6.07, 6.45) is 2.64. The summed E-state index contributed by atoms with van der Waals surface area (Å²) in [4.78, 5) is 14.4. The van der Waals surface area contributed by atoms with Gasteiger partial charge in [0.25, 0.3) is 0 Å². The lowest BCUT2D eigenvalue weighted by molar-refractivity contribution is 0.0687. The smallest absolute Gasteiger partial charge is 0.356 e. The number of hydrogen-bond acceptors (Lipinski definition) is 3. The number of aromatic carboxylic acids is 1. The largest absolute Gasteiger partial charge is 0.476 e. The maximum absolute atomic E-state index is 10.7. The van der Waals surface area contributed by atoms with Crippen LogP contribution in [0.15, 0.2) is 18.5 Å². The highest BCUT2D eigenvalue weighted by Gasteiger charge is 2.11. The zero-order valence-electron chi connectivity index (χ0n) is 6.31. The molecule has 1 N–H and O–H groups in total. The average molecular weight is 198 g/mol. The number of fused-ring (bicyclic) bond motifs is 1. The number of halogens is 1. The number of hydrogen-bond donors (Lipinski definition) is 1. The molecule has 0 bridgehead atoms. The number of carbonyl (C=O) groups is 1. The third kappa shape index (κ3) is 1.13. The topological polar surface area (TPSA) is 67.5 Å². The van der Waals surface area contributed by atoms with Crippen molar-refractivity contribution in [2.75, 3.05) is 0 Å². The highest BCUT2D eigenvalue weighted by Crippen LogP contribution is 2.14. The van der Waals surface area contributed by atoms with Crippen molar-refractivity contribution < 1.29 is 9.90 Å². The Kier molecular flexibility index (Phi) is 1.66. The molecule has 6 heteroatoms. The van der Waals surface area contributed by atoms with Crippen LogP contribution in [0.1, 0.15) is 10.5 Å². The number of aromatic nitrogens is 3. The van der Waals surface area contributed by atoms with Gasteiger partial charge in [-0.25, -0.2) is 14.3 Å². The summed E-state index contributed by atoms with van der Waals surface area (Å²) in [5, 5.41) is 12.8. The first-order chi connectivity index (χ1) is 6.20. The van der Waals surface area contributed by atoms with Crippen molar-refractivity contribution in [3.63, 3.8) is 0 Å². The van der Waals surface area contributed by atoms with Crippen molar-refractivity contribution >= 4 is 23.1 Å². The molecule has 0 atom stereocenters. The lowest BCUT2D eigenvalue weighted by Crippen LogP contribution is -2.07. The Morgan fingerprint density at radius 2 is 2.38 bits per heavy atom. The normalized spacial score (nSPS) is 10.5. The molecule has 0 saturated carbocycles. The minimum absolute atomic E-state index is 0.00981. The number of carboxylic acid groups (broad SMARTS) is 1. The lowest BCUT2D eigenvalue weighted by atomic mass is 10.4. The predicted molar refractivity (Wildman–Crippen MR) is 45.0 cm³/mol. The van der Waals surface area contributed by atoms with Crippen LogP contribution in [0, 0.1) is 0 Å². The Bertz CT molecular complexity index is 480. The van der Waals surface area contributed by atoms with Crippen LogP contribution >= 0.6 is 11.6 Å². The molecule has 0 aliphatic carbocycles. The van der Waals surface area contributed by atoms with E-state index in [1.54, 1.807) is 6.07 Å². The maximum Gasteiger partial charge on any atom is 0.356 e. The minimum atomic E-state index is -1.09. The van der Waals surface area contributed by atoms with Crippen LogP contribution in [-0.4, -0.2) is 25.7 Å². The molecule has 66 valence electrons. The van der Waals surface area contributed by atoms with Crippen molar-refractivity contribution in [2.24, 2.45) is 0 Å². The van der Waals surface area contributed by atoms with E-state index in [-0.39, 0.29) is 10.8 Å². The van der Waals surface area contributed by atoms with Crippen LogP contribution in [0.5, 0.6) is 0 Å². The highest BCUT2D eigenvalue weighted by atomic mass is 35.5. The molecular weight excluding hydrogens is 194 g/mol. The van der Waals surface area contributed by atoms with E-state index in [0.717, 1.165) is 0 Å². The molecule has 5 nitrogen and oxygen atoms in total. The Morgan fingerprint density at radius 1 is 1.62 bits per heavy atom. The second kappa shape index (κ2) is 2.70. The van der Waals surface area contributed by atoms with Crippen LogP contribution in [0.3, 0.4) is 0 Å². The van der Waals surface area contributed by atoms with E-state index in [2.05, 4.69) is 10.1 Å². The van der Waals surface area contributed by atoms with E-state index in [0.29, 0.717) is 5.52 Å². The summed E-state index contributed by atoms with van der Waals surface area (Å²) < 4.78 is 1.23. The standard InChI is InChI=1S/C7H4ClN3O2/c8-6-4-1-2-10-11(4)5(3-9-6)7(12)13/h1-3H,(H,12,13). The maximum atomic E-state index is 10.7. The average Bonchev–Trinajstić information content (AvgIpc) is 2.53. The van der Waals surface area contributed by atoms with Gasteiger partial charge < -0.3 is 5.11 Å². The van der Waals surface area contributed by atoms with Crippen LogP contribution in [0.2, 0.25) is 5.15 Å². The molecular formula is C7H4ClN3O2. The summed E-state index contributed by atoms with van der Waals surface area (Å²) in [5.74, 6) is -1.09. The molecule has 0 fully saturated rings. The Labute approximate surface area is 77.6 Å². The first kappa shape index (κ1) is 8.00. The van der Waals surface area contributed by atoms with Gasteiger partial charge in [-0.2, -0.15) is 5.10 Å². The Hall–Kier alpha value is -1.62. The SMILES string of the molecule is O=C(O)c1cnc(Cl)c2ccnn12. The molecule has 0 amide bonds. The van der Waals surface area contributed by atoms with Crippen molar-refractivity contribution in [1.29, 1.82) is 0 Å². The molecule has 0 aliphatic heterocycles. The first-order valence-corrected chi connectivity index (χ1v) is 3.79. The van der Waals surface area contributed by atoms with Gasteiger partial charge in [0.2, 0.25) is 0 Å². The molecule has 0 aromatic carbocycles. The van der Waals surface area contributed by atoms with Crippen molar-refractivity contribution in [2.45, 2.75) is 0 Å². The quantitative estimate of drug-likeness (QED) is 0.743. The van der Waals surface area contributed by atoms with Crippen LogP contribution in [0.4, 0.5) is 0 Å². The van der Waals surface area contributed by atoms with E-state index in [1.165, 1.54) is 16.9 Å². The van der Waals surface area contributed by atoms with E-state index in [1.807, 2.05) is 0 Å². The molecule has 2 aromatic rings. The van der Waals surface area contributed by atoms with E-state index < -0.39 is 5.97 Å². The molecule has 2 heterocycles. The summed E-state index contributed by atoms with van der Waals surface area (Å²) in [6.45, 7) is 0. The fourth-order valence-electron chi connectivity index (χ4n) is 1.04.